The van der Waals surface area contributed by atoms with Gasteiger partial charge in [0.25, 0.3) is 10.0 Å². The molecule has 0 spiro atoms. The Kier molecular flexibility index (Phi) is 3.19. The van der Waals surface area contributed by atoms with Crippen LogP contribution in [0, 0.1) is 20.8 Å². The monoisotopic (exact) mass is 282 g/mol. The van der Waals surface area contributed by atoms with Gasteiger partial charge in [0, 0.05) is 5.69 Å². The molecule has 2 aromatic rings. The second-order valence-corrected chi connectivity index (χ2v) is 5.81. The molecule has 7 nitrogen and oxygen atoms in total. The Morgan fingerprint density at radius 1 is 1.26 bits per heavy atom. The van der Waals surface area contributed by atoms with Crippen LogP contribution < -0.4 is 4.72 Å². The quantitative estimate of drug-likeness (QED) is 0.784. The Labute approximate surface area is 110 Å². The normalized spacial score (nSPS) is 11.5. The van der Waals surface area contributed by atoms with Gasteiger partial charge in [-0.2, -0.15) is 5.10 Å². The van der Waals surface area contributed by atoms with Gasteiger partial charge < -0.3 is 5.11 Å². The predicted octanol–water partition coefficient (Wildman–Crippen LogP) is 1.24. The number of hydrogen-bond acceptors (Lipinski definition) is 5. The van der Waals surface area contributed by atoms with Crippen LogP contribution in [0.5, 0.6) is 5.75 Å². The lowest BCUT2D eigenvalue weighted by molar-refractivity contribution is 0.475. The highest BCUT2D eigenvalue weighted by atomic mass is 32.2. The second kappa shape index (κ2) is 4.54. The summed E-state index contributed by atoms with van der Waals surface area (Å²) in [7, 11) is -3.84. The molecule has 0 atom stereocenters. The van der Waals surface area contributed by atoms with Crippen molar-refractivity contribution in [3.05, 3.63) is 29.2 Å². The number of nitrogens with one attached hydrogen (secondary N) is 2. The molecule has 0 bridgehead atoms. The standard InChI is InChI=1S/C11H14N4O3S/c1-6-4-5-9(16)11(12-6)15-19(17,18)10-7(2)13-14-8(10)3/h4-5,16H,1-3H3,(H,12,15)(H,13,14). The first-order valence-corrected chi connectivity index (χ1v) is 7.00. The van der Waals surface area contributed by atoms with E-state index >= 15 is 0 Å². The molecule has 0 aromatic carbocycles. The van der Waals surface area contributed by atoms with Gasteiger partial charge in [-0.1, -0.05) is 0 Å². The first-order chi connectivity index (χ1) is 8.81. The summed E-state index contributed by atoms with van der Waals surface area (Å²) in [6.07, 6.45) is 0. The third-order valence-corrected chi connectivity index (χ3v) is 4.17. The zero-order valence-corrected chi connectivity index (χ0v) is 11.5. The molecular formula is C11H14N4O3S. The molecule has 0 aliphatic rings. The van der Waals surface area contributed by atoms with Crippen LogP contribution in [-0.2, 0) is 10.0 Å². The molecule has 0 amide bonds. The maximum atomic E-state index is 12.2. The lowest BCUT2D eigenvalue weighted by Crippen LogP contribution is -2.15. The van der Waals surface area contributed by atoms with Gasteiger partial charge in [0.1, 0.15) is 4.90 Å². The maximum absolute atomic E-state index is 12.2. The Morgan fingerprint density at radius 3 is 2.53 bits per heavy atom. The number of nitrogens with zero attached hydrogens (tertiary/aromatic N) is 2. The molecular weight excluding hydrogens is 268 g/mol. The van der Waals surface area contributed by atoms with Gasteiger partial charge in [0.15, 0.2) is 11.6 Å². The average molecular weight is 282 g/mol. The second-order valence-electron chi connectivity index (χ2n) is 4.19. The highest BCUT2D eigenvalue weighted by Gasteiger charge is 2.23. The molecule has 3 N–H and O–H groups in total. The van der Waals surface area contributed by atoms with Gasteiger partial charge in [0.2, 0.25) is 0 Å². The van der Waals surface area contributed by atoms with Crippen molar-refractivity contribution in [1.82, 2.24) is 15.2 Å². The molecule has 0 saturated heterocycles. The van der Waals surface area contributed by atoms with E-state index in [-0.39, 0.29) is 16.5 Å². The van der Waals surface area contributed by atoms with Crippen LogP contribution in [-0.4, -0.2) is 28.7 Å². The summed E-state index contributed by atoms with van der Waals surface area (Å²) in [5.41, 5.74) is 1.38. The Morgan fingerprint density at radius 2 is 1.95 bits per heavy atom. The number of rotatable bonds is 3. The van der Waals surface area contributed by atoms with Gasteiger partial charge in [-0.15, -0.1) is 0 Å². The number of hydrogen-bond donors (Lipinski definition) is 3. The van der Waals surface area contributed by atoms with Crippen molar-refractivity contribution in [1.29, 1.82) is 0 Å². The summed E-state index contributed by atoms with van der Waals surface area (Å²) in [5.74, 6) is -0.326. The number of aromatic amines is 1. The number of anilines is 1. The van der Waals surface area contributed by atoms with Crippen LogP contribution in [0.3, 0.4) is 0 Å². The topological polar surface area (TPSA) is 108 Å². The van der Waals surface area contributed by atoms with E-state index in [9.17, 15) is 13.5 Å². The minimum atomic E-state index is -3.84. The first-order valence-electron chi connectivity index (χ1n) is 5.52. The molecule has 0 fully saturated rings. The molecule has 0 aliphatic heterocycles. The molecule has 0 saturated carbocycles. The highest BCUT2D eigenvalue weighted by Crippen LogP contribution is 2.25. The Balaban J connectivity index is 2.45. The predicted molar refractivity (Wildman–Crippen MR) is 69.5 cm³/mol. The third kappa shape index (κ3) is 2.53. The van der Waals surface area contributed by atoms with E-state index in [1.807, 2.05) is 0 Å². The minimum absolute atomic E-state index is 0.0650. The fourth-order valence-electron chi connectivity index (χ4n) is 1.74. The first kappa shape index (κ1) is 13.3. The number of H-pyrrole nitrogens is 1. The zero-order chi connectivity index (χ0) is 14.2. The Bertz CT molecular complexity index is 702. The average Bonchev–Trinajstić information content (AvgIpc) is 2.64. The van der Waals surface area contributed by atoms with Crippen LogP contribution in [0.4, 0.5) is 5.82 Å². The molecule has 102 valence electrons. The van der Waals surface area contributed by atoms with Crippen LogP contribution in [0.25, 0.3) is 0 Å². The van der Waals surface area contributed by atoms with Crippen molar-refractivity contribution in [2.24, 2.45) is 0 Å². The van der Waals surface area contributed by atoms with E-state index in [0.717, 1.165) is 0 Å². The fourth-order valence-corrected chi connectivity index (χ4v) is 3.13. The smallest absolute Gasteiger partial charge is 0.266 e. The highest BCUT2D eigenvalue weighted by molar-refractivity contribution is 7.92. The summed E-state index contributed by atoms with van der Waals surface area (Å²) >= 11 is 0. The van der Waals surface area contributed by atoms with E-state index in [1.165, 1.54) is 6.07 Å². The largest absolute Gasteiger partial charge is 0.504 e. The van der Waals surface area contributed by atoms with E-state index in [1.54, 1.807) is 26.8 Å². The summed E-state index contributed by atoms with van der Waals surface area (Å²) < 4.78 is 26.8. The van der Waals surface area contributed by atoms with Gasteiger partial charge in [-0.3, -0.25) is 9.82 Å². The van der Waals surface area contributed by atoms with Gasteiger partial charge in [0.05, 0.1) is 11.4 Å². The van der Waals surface area contributed by atoms with Crippen LogP contribution >= 0.6 is 0 Å². The molecule has 0 radical (unpaired) electrons. The van der Waals surface area contributed by atoms with Crippen LogP contribution in [0.15, 0.2) is 17.0 Å². The maximum Gasteiger partial charge on any atom is 0.266 e. The summed E-state index contributed by atoms with van der Waals surface area (Å²) in [6.45, 7) is 4.89. The molecule has 2 aromatic heterocycles. The third-order valence-electron chi connectivity index (χ3n) is 2.57. The van der Waals surface area contributed by atoms with E-state index in [4.69, 9.17) is 0 Å². The minimum Gasteiger partial charge on any atom is -0.504 e. The van der Waals surface area contributed by atoms with Gasteiger partial charge in [-0.25, -0.2) is 13.4 Å². The van der Waals surface area contributed by atoms with Crippen LogP contribution in [0.2, 0.25) is 0 Å². The number of pyridine rings is 1. The number of aryl methyl sites for hydroxylation is 3. The summed E-state index contributed by atoms with van der Waals surface area (Å²) in [6, 6.07) is 2.97. The van der Waals surface area contributed by atoms with Crippen molar-refractivity contribution >= 4 is 15.8 Å². The lowest BCUT2D eigenvalue weighted by atomic mass is 10.3. The number of sulfonamides is 1. The van der Waals surface area contributed by atoms with Crippen molar-refractivity contribution < 1.29 is 13.5 Å². The van der Waals surface area contributed by atoms with E-state index in [0.29, 0.717) is 17.1 Å². The van der Waals surface area contributed by atoms with Crippen molar-refractivity contribution in [2.75, 3.05) is 4.72 Å². The summed E-state index contributed by atoms with van der Waals surface area (Å²) in [5, 5.41) is 16.1. The number of aromatic nitrogens is 3. The molecule has 0 aliphatic carbocycles. The fraction of sp³-hybridized carbons (Fsp3) is 0.273. The van der Waals surface area contributed by atoms with E-state index < -0.39 is 10.0 Å². The summed E-state index contributed by atoms with van der Waals surface area (Å²) in [4.78, 5) is 4.02. The van der Waals surface area contributed by atoms with Crippen molar-refractivity contribution in [3.63, 3.8) is 0 Å². The van der Waals surface area contributed by atoms with E-state index in [2.05, 4.69) is 19.9 Å². The molecule has 2 heterocycles. The van der Waals surface area contributed by atoms with Gasteiger partial charge >= 0.3 is 0 Å². The molecule has 2 rings (SSSR count). The zero-order valence-electron chi connectivity index (χ0n) is 10.7. The molecule has 0 unspecified atom stereocenters. The van der Waals surface area contributed by atoms with Gasteiger partial charge in [-0.05, 0) is 32.9 Å². The van der Waals surface area contributed by atoms with Crippen LogP contribution in [0.1, 0.15) is 17.1 Å². The van der Waals surface area contributed by atoms with Crippen molar-refractivity contribution in [2.45, 2.75) is 25.7 Å². The molecule has 19 heavy (non-hydrogen) atoms. The number of aromatic hydroxyl groups is 1. The lowest BCUT2D eigenvalue weighted by Gasteiger charge is -2.09. The van der Waals surface area contributed by atoms with Crippen molar-refractivity contribution in [3.8, 4) is 5.75 Å². The molecule has 8 heteroatoms. The SMILES string of the molecule is Cc1ccc(O)c(NS(=O)(=O)c2c(C)n[nH]c2C)n1. The Hall–Kier alpha value is -2.09.